The first-order valence-electron chi connectivity index (χ1n) is 7.71. The molecule has 0 aliphatic heterocycles. The fraction of sp³-hybridized carbons (Fsp3) is 0.353. The summed E-state index contributed by atoms with van der Waals surface area (Å²) in [6, 6.07) is 7.11. The second-order valence-corrected chi connectivity index (χ2v) is 6.24. The topological polar surface area (TPSA) is 88.5 Å². The van der Waals surface area contributed by atoms with Gasteiger partial charge in [0, 0.05) is 17.0 Å². The molecule has 0 spiro atoms. The maximum Gasteiger partial charge on any atom is 0.305 e. The van der Waals surface area contributed by atoms with Gasteiger partial charge in [-0.15, -0.1) is 11.3 Å². The number of nitrogens with one attached hydrogen (secondary N) is 1. The van der Waals surface area contributed by atoms with E-state index in [9.17, 15) is 9.59 Å². The fourth-order valence-corrected chi connectivity index (χ4v) is 2.84. The number of carbonyl (C=O) groups excluding carboxylic acids is 1. The van der Waals surface area contributed by atoms with Gasteiger partial charge >= 0.3 is 5.97 Å². The van der Waals surface area contributed by atoms with Crippen molar-refractivity contribution in [2.24, 2.45) is 0 Å². The third kappa shape index (κ3) is 5.06. The molecule has 0 radical (unpaired) electrons. The van der Waals surface area contributed by atoms with Crippen molar-refractivity contribution in [1.29, 1.82) is 0 Å². The number of nitrogens with zero attached hydrogens (tertiary/aromatic N) is 1. The Morgan fingerprint density at radius 1 is 1.33 bits per heavy atom. The maximum atomic E-state index is 12.1. The van der Waals surface area contributed by atoms with Crippen molar-refractivity contribution in [3.8, 4) is 16.3 Å². The summed E-state index contributed by atoms with van der Waals surface area (Å²) in [5, 5.41) is 13.7. The minimum atomic E-state index is -0.952. The lowest BCUT2D eigenvalue weighted by atomic mass is 10.2. The number of thiazole rings is 1. The Kier molecular flexibility index (Phi) is 6.31. The van der Waals surface area contributed by atoms with E-state index in [0.717, 1.165) is 22.7 Å². The first kappa shape index (κ1) is 17.9. The van der Waals surface area contributed by atoms with Crippen LogP contribution in [0.5, 0.6) is 5.75 Å². The van der Waals surface area contributed by atoms with Crippen molar-refractivity contribution in [2.45, 2.75) is 32.7 Å². The number of carboxylic acid groups (broad SMARTS) is 1. The molecule has 2 aromatic rings. The zero-order valence-electron chi connectivity index (χ0n) is 13.6. The Morgan fingerprint density at radius 2 is 2.04 bits per heavy atom. The van der Waals surface area contributed by atoms with E-state index >= 15 is 0 Å². The van der Waals surface area contributed by atoms with E-state index in [4.69, 9.17) is 9.84 Å². The Balaban J connectivity index is 2.01. The molecule has 1 unspecified atom stereocenters. The van der Waals surface area contributed by atoms with Crippen molar-refractivity contribution in [3.63, 3.8) is 0 Å². The molecular weight excluding hydrogens is 328 g/mol. The van der Waals surface area contributed by atoms with E-state index < -0.39 is 12.0 Å². The monoisotopic (exact) mass is 348 g/mol. The van der Waals surface area contributed by atoms with Crippen LogP contribution in [0.3, 0.4) is 0 Å². The highest BCUT2D eigenvalue weighted by atomic mass is 32.1. The van der Waals surface area contributed by atoms with E-state index in [-0.39, 0.29) is 12.3 Å². The van der Waals surface area contributed by atoms with Crippen LogP contribution in [-0.2, 0) is 4.79 Å². The van der Waals surface area contributed by atoms with Gasteiger partial charge in [0.1, 0.15) is 16.5 Å². The Labute approximate surface area is 144 Å². The van der Waals surface area contributed by atoms with Crippen LogP contribution in [-0.4, -0.2) is 34.6 Å². The molecule has 6 nitrogen and oxygen atoms in total. The summed E-state index contributed by atoms with van der Waals surface area (Å²) >= 11 is 1.37. The quantitative estimate of drug-likeness (QED) is 0.765. The molecular formula is C17H20N2O4S. The summed E-state index contributed by atoms with van der Waals surface area (Å²) in [5.74, 6) is -0.515. The van der Waals surface area contributed by atoms with Gasteiger partial charge in [-0.05, 0) is 37.6 Å². The van der Waals surface area contributed by atoms with Gasteiger partial charge in [-0.25, -0.2) is 4.98 Å². The molecule has 0 saturated carbocycles. The number of benzene rings is 1. The summed E-state index contributed by atoms with van der Waals surface area (Å²) in [7, 11) is 0. The van der Waals surface area contributed by atoms with E-state index in [1.807, 2.05) is 31.2 Å². The van der Waals surface area contributed by atoms with Gasteiger partial charge in [0.25, 0.3) is 5.91 Å². The lowest BCUT2D eigenvalue weighted by Gasteiger charge is -2.09. The van der Waals surface area contributed by atoms with Crippen LogP contribution < -0.4 is 10.1 Å². The van der Waals surface area contributed by atoms with Crippen LogP contribution >= 0.6 is 11.3 Å². The maximum absolute atomic E-state index is 12.1. The van der Waals surface area contributed by atoms with E-state index in [0.29, 0.717) is 12.3 Å². The van der Waals surface area contributed by atoms with Gasteiger partial charge in [-0.3, -0.25) is 9.59 Å². The summed E-state index contributed by atoms with van der Waals surface area (Å²) in [5.41, 5.74) is 1.19. The van der Waals surface area contributed by atoms with Crippen LogP contribution in [0.1, 0.15) is 37.2 Å². The molecule has 0 bridgehead atoms. The van der Waals surface area contributed by atoms with Crippen LogP contribution in [0, 0.1) is 0 Å². The zero-order chi connectivity index (χ0) is 17.5. The van der Waals surface area contributed by atoms with Gasteiger partial charge in [-0.2, -0.15) is 0 Å². The highest BCUT2D eigenvalue weighted by Gasteiger charge is 2.16. The number of carbonyl (C=O) groups is 2. The van der Waals surface area contributed by atoms with Crippen LogP contribution in [0.15, 0.2) is 29.6 Å². The molecule has 1 heterocycles. The molecule has 24 heavy (non-hydrogen) atoms. The van der Waals surface area contributed by atoms with Crippen molar-refractivity contribution in [2.75, 3.05) is 6.61 Å². The number of aliphatic carboxylic acids is 1. The molecule has 0 fully saturated rings. The lowest BCUT2D eigenvalue weighted by molar-refractivity contribution is -0.137. The minimum Gasteiger partial charge on any atom is -0.494 e. The fourth-order valence-electron chi connectivity index (χ4n) is 2.03. The number of ether oxygens (including phenoxy) is 1. The van der Waals surface area contributed by atoms with E-state index in [2.05, 4.69) is 10.3 Å². The largest absolute Gasteiger partial charge is 0.494 e. The van der Waals surface area contributed by atoms with Gasteiger partial charge in [0.05, 0.1) is 13.0 Å². The smallest absolute Gasteiger partial charge is 0.305 e. The average molecular weight is 348 g/mol. The van der Waals surface area contributed by atoms with Crippen molar-refractivity contribution in [3.05, 3.63) is 35.3 Å². The second-order valence-electron chi connectivity index (χ2n) is 5.38. The van der Waals surface area contributed by atoms with E-state index in [1.165, 1.54) is 11.3 Å². The number of rotatable bonds is 8. The summed E-state index contributed by atoms with van der Waals surface area (Å²) in [4.78, 5) is 27.0. The zero-order valence-corrected chi connectivity index (χ0v) is 14.4. The molecule has 7 heteroatoms. The molecule has 1 aromatic carbocycles. The molecule has 0 aliphatic carbocycles. The summed E-state index contributed by atoms with van der Waals surface area (Å²) in [6.07, 6.45) is 0.828. The van der Waals surface area contributed by atoms with Crippen molar-refractivity contribution < 1.29 is 19.4 Å². The van der Waals surface area contributed by atoms with Gasteiger partial charge in [-0.1, -0.05) is 6.92 Å². The molecule has 0 saturated heterocycles. The highest BCUT2D eigenvalue weighted by molar-refractivity contribution is 7.13. The normalized spacial score (nSPS) is 11.8. The molecule has 2 rings (SSSR count). The number of aromatic nitrogens is 1. The standard InChI is InChI=1S/C17H20N2O4S/c1-3-8-23-13-6-4-12(5-7-13)17-19-14(10-24-17)16(22)18-11(2)9-15(20)21/h4-7,10-11H,3,8-9H2,1-2H3,(H,18,22)(H,20,21). The van der Waals surface area contributed by atoms with Crippen LogP contribution in [0.2, 0.25) is 0 Å². The molecule has 1 amide bonds. The Hall–Kier alpha value is -2.41. The third-order valence-corrected chi connectivity index (χ3v) is 4.06. The number of amides is 1. The van der Waals surface area contributed by atoms with Crippen molar-refractivity contribution >= 4 is 23.2 Å². The van der Waals surface area contributed by atoms with Crippen LogP contribution in [0.25, 0.3) is 10.6 Å². The summed E-state index contributed by atoms with van der Waals surface area (Å²) < 4.78 is 5.54. The molecule has 1 aromatic heterocycles. The number of carboxylic acids is 1. The average Bonchev–Trinajstić information content (AvgIpc) is 3.02. The summed E-state index contributed by atoms with van der Waals surface area (Å²) in [6.45, 7) is 4.37. The minimum absolute atomic E-state index is 0.123. The SMILES string of the molecule is CCCOc1ccc(-c2nc(C(=O)NC(C)CC(=O)O)cs2)cc1. The highest BCUT2D eigenvalue weighted by Crippen LogP contribution is 2.25. The Bertz CT molecular complexity index is 697. The van der Waals surface area contributed by atoms with E-state index in [1.54, 1.807) is 12.3 Å². The first-order valence-corrected chi connectivity index (χ1v) is 8.59. The first-order chi connectivity index (χ1) is 11.5. The molecule has 128 valence electrons. The third-order valence-electron chi connectivity index (χ3n) is 3.17. The second kappa shape index (κ2) is 8.44. The molecule has 0 aliphatic rings. The molecule has 2 N–H and O–H groups in total. The predicted molar refractivity (Wildman–Crippen MR) is 92.5 cm³/mol. The molecule has 1 atom stereocenters. The van der Waals surface area contributed by atoms with Gasteiger partial charge in [0.15, 0.2) is 0 Å². The van der Waals surface area contributed by atoms with Gasteiger partial charge < -0.3 is 15.2 Å². The number of hydrogen-bond acceptors (Lipinski definition) is 5. The van der Waals surface area contributed by atoms with Crippen LogP contribution in [0.4, 0.5) is 0 Å². The number of hydrogen-bond donors (Lipinski definition) is 2. The predicted octanol–water partition coefficient (Wildman–Crippen LogP) is 3.19. The lowest BCUT2D eigenvalue weighted by Crippen LogP contribution is -2.34. The Morgan fingerprint density at radius 3 is 2.67 bits per heavy atom. The van der Waals surface area contributed by atoms with Crippen molar-refractivity contribution in [1.82, 2.24) is 10.3 Å². The van der Waals surface area contributed by atoms with Gasteiger partial charge in [0.2, 0.25) is 0 Å².